The molecule has 0 saturated carbocycles. The number of nitrogens with zero attached hydrogens (tertiary/aromatic N) is 2. The van der Waals surface area contributed by atoms with E-state index in [4.69, 9.17) is 16.0 Å². The van der Waals surface area contributed by atoms with Gasteiger partial charge in [0.25, 0.3) is 5.91 Å². The van der Waals surface area contributed by atoms with Crippen molar-refractivity contribution in [2.24, 2.45) is 5.92 Å². The van der Waals surface area contributed by atoms with Gasteiger partial charge in [0.1, 0.15) is 0 Å². The maximum absolute atomic E-state index is 13.0. The topological polar surface area (TPSA) is 65.8 Å². The molecule has 0 bridgehead atoms. The maximum atomic E-state index is 13.0. The summed E-state index contributed by atoms with van der Waals surface area (Å²) in [5, 5.41) is 3.88. The summed E-state index contributed by atoms with van der Waals surface area (Å²) < 4.78 is 5.23. The number of amides is 2. The van der Waals surface area contributed by atoms with Gasteiger partial charge in [-0.1, -0.05) is 29.8 Å². The molecule has 0 spiro atoms. The maximum Gasteiger partial charge on any atom is 0.289 e. The molecule has 2 aromatic rings. The second kappa shape index (κ2) is 9.67. The van der Waals surface area contributed by atoms with Crippen molar-refractivity contribution in [1.82, 2.24) is 15.1 Å². The lowest BCUT2D eigenvalue weighted by Gasteiger charge is -2.33. The van der Waals surface area contributed by atoms with Gasteiger partial charge in [-0.05, 0) is 62.5 Å². The normalized spacial score (nSPS) is 20.8. The molecule has 0 aliphatic carbocycles. The molecule has 160 valence electrons. The summed E-state index contributed by atoms with van der Waals surface area (Å²) in [6.07, 6.45) is 5.43. The van der Waals surface area contributed by atoms with Crippen LogP contribution in [0, 0.1) is 5.92 Å². The quantitative estimate of drug-likeness (QED) is 0.759. The number of piperidine rings is 1. The minimum absolute atomic E-state index is 0.00296. The molecule has 2 saturated heterocycles. The SMILES string of the molecule is O=C(NCC(c1ccccc1Cl)N1CCCC1)C1CCCN(C(=O)c2ccco2)C1. The Labute approximate surface area is 182 Å². The van der Waals surface area contributed by atoms with Gasteiger partial charge < -0.3 is 14.6 Å². The summed E-state index contributed by atoms with van der Waals surface area (Å²) in [7, 11) is 0. The smallest absolute Gasteiger partial charge is 0.289 e. The van der Waals surface area contributed by atoms with Crippen LogP contribution in [0.2, 0.25) is 5.02 Å². The van der Waals surface area contributed by atoms with E-state index in [2.05, 4.69) is 10.2 Å². The Morgan fingerprint density at radius 1 is 1.10 bits per heavy atom. The van der Waals surface area contributed by atoms with Gasteiger partial charge in [0, 0.05) is 24.7 Å². The molecule has 3 heterocycles. The van der Waals surface area contributed by atoms with Gasteiger partial charge in [0.05, 0.1) is 18.2 Å². The van der Waals surface area contributed by atoms with Crippen LogP contribution in [0.1, 0.15) is 47.8 Å². The van der Waals surface area contributed by atoms with Crippen LogP contribution in [-0.2, 0) is 4.79 Å². The van der Waals surface area contributed by atoms with Gasteiger partial charge in [0.2, 0.25) is 5.91 Å². The zero-order valence-electron chi connectivity index (χ0n) is 17.1. The summed E-state index contributed by atoms with van der Waals surface area (Å²) >= 11 is 6.47. The van der Waals surface area contributed by atoms with Crippen LogP contribution in [-0.4, -0.2) is 54.3 Å². The molecule has 2 aliphatic heterocycles. The second-order valence-corrected chi connectivity index (χ2v) is 8.50. The first-order valence-corrected chi connectivity index (χ1v) is 11.1. The number of carbonyl (C=O) groups is 2. The number of benzene rings is 1. The van der Waals surface area contributed by atoms with E-state index in [9.17, 15) is 9.59 Å². The van der Waals surface area contributed by atoms with Crippen molar-refractivity contribution in [3.8, 4) is 0 Å². The number of rotatable bonds is 6. The van der Waals surface area contributed by atoms with E-state index in [1.54, 1.807) is 17.0 Å². The van der Waals surface area contributed by atoms with E-state index in [-0.39, 0.29) is 23.8 Å². The minimum atomic E-state index is -0.205. The molecule has 30 heavy (non-hydrogen) atoms. The Balaban J connectivity index is 1.39. The summed E-state index contributed by atoms with van der Waals surface area (Å²) in [5.41, 5.74) is 1.06. The van der Waals surface area contributed by atoms with Gasteiger partial charge in [0.15, 0.2) is 5.76 Å². The largest absolute Gasteiger partial charge is 0.459 e. The highest BCUT2D eigenvalue weighted by atomic mass is 35.5. The third-order valence-electron chi connectivity index (χ3n) is 6.13. The van der Waals surface area contributed by atoms with Crippen molar-refractivity contribution in [2.75, 3.05) is 32.7 Å². The Kier molecular flexibility index (Phi) is 6.75. The van der Waals surface area contributed by atoms with E-state index >= 15 is 0 Å². The van der Waals surface area contributed by atoms with Crippen LogP contribution in [0.25, 0.3) is 0 Å². The van der Waals surface area contributed by atoms with Crippen LogP contribution in [0.5, 0.6) is 0 Å². The molecule has 1 aromatic carbocycles. The number of likely N-dealkylation sites (tertiary alicyclic amines) is 2. The van der Waals surface area contributed by atoms with E-state index in [0.29, 0.717) is 25.4 Å². The summed E-state index contributed by atoms with van der Waals surface area (Å²) in [4.78, 5) is 29.7. The Morgan fingerprint density at radius 3 is 2.63 bits per heavy atom. The van der Waals surface area contributed by atoms with Gasteiger partial charge in [-0.25, -0.2) is 0 Å². The minimum Gasteiger partial charge on any atom is -0.459 e. The third kappa shape index (κ3) is 4.71. The zero-order chi connectivity index (χ0) is 20.9. The first-order valence-electron chi connectivity index (χ1n) is 10.7. The molecule has 6 nitrogen and oxygen atoms in total. The van der Waals surface area contributed by atoms with Crippen molar-refractivity contribution >= 4 is 23.4 Å². The van der Waals surface area contributed by atoms with E-state index < -0.39 is 0 Å². The molecular weight excluding hydrogens is 402 g/mol. The highest BCUT2D eigenvalue weighted by Gasteiger charge is 2.31. The second-order valence-electron chi connectivity index (χ2n) is 8.09. The van der Waals surface area contributed by atoms with E-state index in [1.807, 2.05) is 24.3 Å². The molecule has 2 aliphatic rings. The van der Waals surface area contributed by atoms with Crippen molar-refractivity contribution in [2.45, 2.75) is 31.7 Å². The Hall–Kier alpha value is -2.31. The Morgan fingerprint density at radius 2 is 1.90 bits per heavy atom. The van der Waals surface area contributed by atoms with Crippen molar-refractivity contribution in [3.63, 3.8) is 0 Å². The first-order chi connectivity index (χ1) is 14.6. The van der Waals surface area contributed by atoms with Crippen molar-refractivity contribution in [3.05, 3.63) is 59.0 Å². The van der Waals surface area contributed by atoms with Crippen LogP contribution in [0.3, 0.4) is 0 Å². The molecule has 7 heteroatoms. The van der Waals surface area contributed by atoms with Crippen LogP contribution >= 0.6 is 11.6 Å². The van der Waals surface area contributed by atoms with Gasteiger partial charge in [-0.2, -0.15) is 0 Å². The lowest BCUT2D eigenvalue weighted by atomic mass is 9.96. The standard InChI is InChI=1S/C23H28ClN3O3/c24-19-9-2-1-8-18(19)20(26-11-3-4-12-26)15-25-22(28)17-7-5-13-27(16-17)23(29)21-10-6-14-30-21/h1-2,6,8-10,14,17,20H,3-5,7,11-13,15-16H2,(H,25,28). The molecule has 2 unspecified atom stereocenters. The fraction of sp³-hybridized carbons (Fsp3) is 0.478. The molecule has 2 amide bonds. The Bertz CT molecular complexity index is 864. The lowest BCUT2D eigenvalue weighted by molar-refractivity contribution is -0.126. The third-order valence-corrected chi connectivity index (χ3v) is 6.47. The van der Waals surface area contributed by atoms with Crippen LogP contribution in [0.4, 0.5) is 0 Å². The molecular formula is C23H28ClN3O3. The highest BCUT2D eigenvalue weighted by Crippen LogP contribution is 2.30. The fourth-order valence-corrected chi connectivity index (χ4v) is 4.77. The van der Waals surface area contributed by atoms with Crippen LogP contribution in [0.15, 0.2) is 47.1 Å². The van der Waals surface area contributed by atoms with E-state index in [0.717, 1.165) is 36.5 Å². The molecule has 1 aromatic heterocycles. The molecule has 2 atom stereocenters. The average molecular weight is 430 g/mol. The molecule has 2 fully saturated rings. The van der Waals surface area contributed by atoms with Gasteiger partial charge >= 0.3 is 0 Å². The summed E-state index contributed by atoms with van der Waals surface area (Å²) in [5.74, 6) is -0.0290. The number of carbonyl (C=O) groups excluding carboxylic acids is 2. The number of halogens is 1. The number of nitrogens with one attached hydrogen (secondary N) is 1. The van der Waals surface area contributed by atoms with Crippen molar-refractivity contribution < 1.29 is 14.0 Å². The zero-order valence-corrected chi connectivity index (χ0v) is 17.8. The molecule has 1 N–H and O–H groups in total. The van der Waals surface area contributed by atoms with Gasteiger partial charge in [-0.15, -0.1) is 0 Å². The average Bonchev–Trinajstić information content (AvgIpc) is 3.49. The first kappa shape index (κ1) is 20.9. The number of furan rings is 1. The highest BCUT2D eigenvalue weighted by molar-refractivity contribution is 6.31. The molecule has 0 radical (unpaired) electrons. The summed E-state index contributed by atoms with van der Waals surface area (Å²) in [6, 6.07) is 11.3. The predicted octanol–water partition coefficient (Wildman–Crippen LogP) is 3.74. The lowest BCUT2D eigenvalue weighted by Crippen LogP contribution is -2.47. The number of hydrogen-bond acceptors (Lipinski definition) is 4. The number of hydrogen-bond donors (Lipinski definition) is 1. The fourth-order valence-electron chi connectivity index (χ4n) is 4.51. The van der Waals surface area contributed by atoms with Gasteiger partial charge in [-0.3, -0.25) is 14.5 Å². The van der Waals surface area contributed by atoms with Crippen molar-refractivity contribution in [1.29, 1.82) is 0 Å². The van der Waals surface area contributed by atoms with E-state index in [1.165, 1.54) is 19.1 Å². The van der Waals surface area contributed by atoms with Crippen LogP contribution < -0.4 is 5.32 Å². The molecule has 4 rings (SSSR count). The summed E-state index contributed by atoms with van der Waals surface area (Å²) in [6.45, 7) is 3.62. The monoisotopic (exact) mass is 429 g/mol. The predicted molar refractivity (Wildman–Crippen MR) is 115 cm³/mol.